The summed E-state index contributed by atoms with van der Waals surface area (Å²) in [5.74, 6) is 0. The Morgan fingerprint density at radius 1 is 1.29 bits per heavy atom. The molecule has 78 valence electrons. The smallest absolute Gasteiger partial charge is 0.0331 e. The van der Waals surface area contributed by atoms with Gasteiger partial charge in [-0.1, -0.05) is 0 Å². The van der Waals surface area contributed by atoms with Crippen LogP contribution in [0, 0.1) is 6.92 Å². The lowest BCUT2D eigenvalue weighted by molar-refractivity contribution is 0.149. The third-order valence-electron chi connectivity index (χ3n) is 2.93. The highest BCUT2D eigenvalue weighted by molar-refractivity contribution is 7.10. The molecule has 1 aliphatic rings. The molecular formula is C11H18N2S. The fourth-order valence-corrected chi connectivity index (χ4v) is 2.72. The van der Waals surface area contributed by atoms with E-state index in [0.29, 0.717) is 0 Å². The van der Waals surface area contributed by atoms with Gasteiger partial charge >= 0.3 is 0 Å². The van der Waals surface area contributed by atoms with Gasteiger partial charge in [-0.15, -0.1) is 11.3 Å². The zero-order valence-electron chi connectivity index (χ0n) is 8.99. The summed E-state index contributed by atoms with van der Waals surface area (Å²) in [6.07, 6.45) is 0. The first-order valence-electron chi connectivity index (χ1n) is 5.19. The van der Waals surface area contributed by atoms with Crippen molar-refractivity contribution < 1.29 is 0 Å². The predicted octanol–water partition coefficient (Wildman–Crippen LogP) is 1.80. The Morgan fingerprint density at radius 2 is 2.00 bits per heavy atom. The van der Waals surface area contributed by atoms with Gasteiger partial charge in [0.25, 0.3) is 0 Å². The van der Waals surface area contributed by atoms with E-state index in [1.54, 1.807) is 0 Å². The summed E-state index contributed by atoms with van der Waals surface area (Å²) >= 11 is 1.89. The molecule has 0 N–H and O–H groups in total. The van der Waals surface area contributed by atoms with Crippen molar-refractivity contribution in [3.63, 3.8) is 0 Å². The molecule has 1 aromatic rings. The molecule has 0 bridgehead atoms. The molecule has 14 heavy (non-hydrogen) atoms. The normalized spacial score (nSPS) is 20.1. The number of aryl methyl sites for hydroxylation is 1. The minimum Gasteiger partial charge on any atom is -0.304 e. The van der Waals surface area contributed by atoms with Crippen molar-refractivity contribution in [2.24, 2.45) is 0 Å². The summed E-state index contributed by atoms with van der Waals surface area (Å²) in [4.78, 5) is 6.49. The van der Waals surface area contributed by atoms with Crippen molar-refractivity contribution in [2.75, 3.05) is 33.2 Å². The van der Waals surface area contributed by atoms with E-state index in [1.807, 2.05) is 11.3 Å². The monoisotopic (exact) mass is 210 g/mol. The molecule has 0 spiro atoms. The summed E-state index contributed by atoms with van der Waals surface area (Å²) in [6.45, 7) is 8.22. The first-order valence-corrected chi connectivity index (χ1v) is 6.07. The van der Waals surface area contributed by atoms with E-state index in [-0.39, 0.29) is 0 Å². The number of likely N-dealkylation sites (N-methyl/N-ethyl adjacent to an activating group) is 1. The van der Waals surface area contributed by atoms with Crippen LogP contribution in [0.15, 0.2) is 11.4 Å². The maximum Gasteiger partial charge on any atom is 0.0331 e. The van der Waals surface area contributed by atoms with Crippen molar-refractivity contribution in [3.8, 4) is 0 Å². The number of hydrogen-bond acceptors (Lipinski definition) is 3. The number of nitrogens with zero attached hydrogens (tertiary/aromatic N) is 2. The van der Waals surface area contributed by atoms with Crippen LogP contribution >= 0.6 is 11.3 Å². The lowest BCUT2D eigenvalue weighted by Crippen LogP contribution is -2.43. The van der Waals surface area contributed by atoms with Gasteiger partial charge in [0.1, 0.15) is 0 Å². The van der Waals surface area contributed by atoms with Gasteiger partial charge in [0.2, 0.25) is 0 Å². The molecule has 0 atom stereocenters. The Hall–Kier alpha value is -0.380. The molecule has 1 aromatic heterocycles. The number of thiophene rings is 1. The highest BCUT2D eigenvalue weighted by atomic mass is 32.1. The van der Waals surface area contributed by atoms with E-state index in [1.165, 1.54) is 36.6 Å². The molecule has 2 heterocycles. The minimum atomic E-state index is 1.15. The zero-order chi connectivity index (χ0) is 9.97. The van der Waals surface area contributed by atoms with E-state index in [4.69, 9.17) is 0 Å². The van der Waals surface area contributed by atoms with Gasteiger partial charge < -0.3 is 4.90 Å². The van der Waals surface area contributed by atoms with E-state index in [0.717, 1.165) is 6.54 Å². The minimum absolute atomic E-state index is 1.15. The Balaban J connectivity index is 1.89. The fraction of sp³-hybridized carbons (Fsp3) is 0.636. The second-order valence-corrected chi connectivity index (χ2v) is 5.11. The van der Waals surface area contributed by atoms with E-state index >= 15 is 0 Å². The molecule has 0 saturated carbocycles. The van der Waals surface area contributed by atoms with Crippen LogP contribution in [0.4, 0.5) is 0 Å². The molecule has 0 aliphatic carbocycles. The molecule has 0 radical (unpaired) electrons. The quantitative estimate of drug-likeness (QED) is 0.734. The molecule has 1 aliphatic heterocycles. The van der Waals surface area contributed by atoms with Gasteiger partial charge in [-0.2, -0.15) is 0 Å². The Morgan fingerprint density at radius 3 is 2.57 bits per heavy atom. The van der Waals surface area contributed by atoms with Gasteiger partial charge in [-0.05, 0) is 31.0 Å². The molecule has 2 nitrogen and oxygen atoms in total. The van der Waals surface area contributed by atoms with Crippen molar-refractivity contribution >= 4 is 11.3 Å². The third kappa shape index (κ3) is 2.35. The van der Waals surface area contributed by atoms with Gasteiger partial charge in [0, 0.05) is 37.6 Å². The predicted molar refractivity (Wildman–Crippen MR) is 61.8 cm³/mol. The summed E-state index contributed by atoms with van der Waals surface area (Å²) < 4.78 is 0. The van der Waals surface area contributed by atoms with Crippen molar-refractivity contribution in [3.05, 3.63) is 21.9 Å². The highest BCUT2D eigenvalue weighted by Gasteiger charge is 2.14. The summed E-state index contributed by atoms with van der Waals surface area (Å²) in [5, 5.41) is 2.20. The first-order chi connectivity index (χ1) is 6.75. The van der Waals surface area contributed by atoms with Crippen LogP contribution in [0.25, 0.3) is 0 Å². The SMILES string of the molecule is Cc1ccsc1CN1CCN(C)CC1. The average Bonchev–Trinajstić information content (AvgIpc) is 2.56. The average molecular weight is 210 g/mol. The lowest BCUT2D eigenvalue weighted by Gasteiger charge is -2.32. The van der Waals surface area contributed by atoms with Crippen LogP contribution < -0.4 is 0 Å². The van der Waals surface area contributed by atoms with Crippen molar-refractivity contribution in [1.29, 1.82) is 0 Å². The topological polar surface area (TPSA) is 6.48 Å². The highest BCUT2D eigenvalue weighted by Crippen LogP contribution is 2.18. The van der Waals surface area contributed by atoms with Gasteiger partial charge in [0.15, 0.2) is 0 Å². The second kappa shape index (κ2) is 4.43. The molecule has 0 unspecified atom stereocenters. The van der Waals surface area contributed by atoms with Crippen LogP contribution in [0.1, 0.15) is 10.4 Å². The fourth-order valence-electron chi connectivity index (χ4n) is 1.78. The van der Waals surface area contributed by atoms with E-state index in [2.05, 4.69) is 35.2 Å². The molecular weight excluding hydrogens is 192 g/mol. The van der Waals surface area contributed by atoms with Crippen LogP contribution in [0.3, 0.4) is 0 Å². The molecule has 0 aromatic carbocycles. The lowest BCUT2D eigenvalue weighted by atomic mass is 10.2. The van der Waals surface area contributed by atoms with Crippen LogP contribution in [0.5, 0.6) is 0 Å². The first kappa shape index (κ1) is 10.1. The number of hydrogen-bond donors (Lipinski definition) is 0. The van der Waals surface area contributed by atoms with Crippen LogP contribution in [-0.2, 0) is 6.54 Å². The Labute approximate surface area is 90.1 Å². The van der Waals surface area contributed by atoms with Crippen molar-refractivity contribution in [1.82, 2.24) is 9.80 Å². The molecule has 1 saturated heterocycles. The molecule has 0 amide bonds. The van der Waals surface area contributed by atoms with Gasteiger partial charge in [0.05, 0.1) is 0 Å². The molecule has 2 rings (SSSR count). The van der Waals surface area contributed by atoms with Crippen LogP contribution in [-0.4, -0.2) is 43.0 Å². The Kier molecular flexibility index (Phi) is 3.21. The maximum atomic E-state index is 2.55. The maximum absolute atomic E-state index is 2.55. The molecule has 3 heteroatoms. The Bertz CT molecular complexity index is 287. The van der Waals surface area contributed by atoms with Gasteiger partial charge in [-0.25, -0.2) is 0 Å². The summed E-state index contributed by atoms with van der Waals surface area (Å²) in [7, 11) is 2.20. The molecule has 1 fully saturated rings. The standard InChI is InChI=1S/C11H18N2S/c1-10-3-8-14-11(10)9-13-6-4-12(2)5-7-13/h3,8H,4-7,9H2,1-2H3. The number of rotatable bonds is 2. The summed E-state index contributed by atoms with van der Waals surface area (Å²) in [6, 6.07) is 2.22. The van der Waals surface area contributed by atoms with Gasteiger partial charge in [-0.3, -0.25) is 4.90 Å². The summed E-state index contributed by atoms with van der Waals surface area (Å²) in [5.41, 5.74) is 1.45. The van der Waals surface area contributed by atoms with E-state index in [9.17, 15) is 0 Å². The largest absolute Gasteiger partial charge is 0.304 e. The second-order valence-electron chi connectivity index (χ2n) is 4.11. The third-order valence-corrected chi connectivity index (χ3v) is 3.94. The number of piperazine rings is 1. The van der Waals surface area contributed by atoms with Crippen LogP contribution in [0.2, 0.25) is 0 Å². The zero-order valence-corrected chi connectivity index (χ0v) is 9.81. The van der Waals surface area contributed by atoms with E-state index < -0.39 is 0 Å². The van der Waals surface area contributed by atoms with Crippen molar-refractivity contribution in [2.45, 2.75) is 13.5 Å².